The Hall–Kier alpha value is -0.0200. The first-order valence-electron chi connectivity index (χ1n) is 2.56. The number of methoxy groups -OCH3 is 1. The summed E-state index contributed by atoms with van der Waals surface area (Å²) in [7, 11) is -1.10. The highest BCUT2D eigenvalue weighted by Gasteiger charge is 2.20. The van der Waals surface area contributed by atoms with Gasteiger partial charge in [-0.2, -0.15) is 0 Å². The van der Waals surface area contributed by atoms with Crippen LogP contribution < -0.4 is 0 Å². The standard InChI is InChI=1S/C4H9O4P/c1-3-4(7-2)8-9(5)6/h4H,3H2,1-2H3/p+1. The van der Waals surface area contributed by atoms with Crippen molar-refractivity contribution in [1.82, 2.24) is 0 Å². The van der Waals surface area contributed by atoms with Gasteiger partial charge in [-0.1, -0.05) is 11.4 Å². The molecular weight excluding hydrogens is 143 g/mol. The molecule has 0 aliphatic carbocycles. The Morgan fingerprint density at radius 3 is 2.44 bits per heavy atom. The van der Waals surface area contributed by atoms with Gasteiger partial charge in [0.15, 0.2) is 0 Å². The van der Waals surface area contributed by atoms with Crippen LogP contribution in [0.15, 0.2) is 0 Å². The summed E-state index contributed by atoms with van der Waals surface area (Å²) in [5.74, 6) is 0. The molecule has 0 fully saturated rings. The highest BCUT2D eigenvalue weighted by Crippen LogP contribution is 2.19. The van der Waals surface area contributed by atoms with Gasteiger partial charge in [0, 0.05) is 18.1 Å². The van der Waals surface area contributed by atoms with E-state index in [0.29, 0.717) is 6.42 Å². The van der Waals surface area contributed by atoms with Crippen molar-refractivity contribution in [2.75, 3.05) is 7.11 Å². The van der Waals surface area contributed by atoms with Crippen molar-refractivity contribution in [1.29, 1.82) is 0 Å². The fraction of sp³-hybridized carbons (Fsp3) is 1.00. The lowest BCUT2D eigenvalue weighted by Crippen LogP contribution is -2.08. The fourth-order valence-electron chi connectivity index (χ4n) is 0.385. The van der Waals surface area contributed by atoms with Crippen molar-refractivity contribution in [3.63, 3.8) is 0 Å². The minimum atomic E-state index is -2.53. The molecule has 0 aliphatic rings. The van der Waals surface area contributed by atoms with Crippen LogP contribution in [0.4, 0.5) is 0 Å². The van der Waals surface area contributed by atoms with Crippen molar-refractivity contribution in [3.05, 3.63) is 0 Å². The molecule has 0 amide bonds. The summed E-state index contributed by atoms with van der Waals surface area (Å²) in [6, 6.07) is 0. The lowest BCUT2D eigenvalue weighted by Gasteiger charge is -2.01. The van der Waals surface area contributed by atoms with Gasteiger partial charge in [0.1, 0.15) is 0 Å². The minimum absolute atomic E-state index is 0.557. The third-order valence-electron chi connectivity index (χ3n) is 0.804. The van der Waals surface area contributed by atoms with Gasteiger partial charge in [-0.05, 0) is 0 Å². The summed E-state index contributed by atoms with van der Waals surface area (Å²) in [5.41, 5.74) is 0. The monoisotopic (exact) mass is 153 g/mol. The number of hydrogen-bond donors (Lipinski definition) is 1. The molecule has 2 atom stereocenters. The maximum Gasteiger partial charge on any atom is 0.697 e. The summed E-state index contributed by atoms with van der Waals surface area (Å²) in [6.45, 7) is 1.80. The molecule has 0 bridgehead atoms. The Kier molecular flexibility index (Phi) is 4.81. The second-order valence-electron chi connectivity index (χ2n) is 1.42. The average Bonchev–Trinajstić information content (AvgIpc) is 1.82. The molecule has 0 aliphatic heterocycles. The van der Waals surface area contributed by atoms with Crippen molar-refractivity contribution in [2.45, 2.75) is 19.6 Å². The molecule has 2 unspecified atom stereocenters. The molecule has 0 spiro atoms. The van der Waals surface area contributed by atoms with Gasteiger partial charge >= 0.3 is 8.25 Å². The molecule has 0 rings (SSSR count). The Morgan fingerprint density at radius 1 is 1.78 bits per heavy atom. The van der Waals surface area contributed by atoms with E-state index >= 15 is 0 Å². The van der Waals surface area contributed by atoms with E-state index in [1.807, 2.05) is 0 Å². The van der Waals surface area contributed by atoms with Gasteiger partial charge < -0.3 is 4.74 Å². The third kappa shape index (κ3) is 4.48. The van der Waals surface area contributed by atoms with Gasteiger partial charge in [0.05, 0.1) is 0 Å². The SMILES string of the molecule is CCC(OC)O[P+](=O)O. The van der Waals surface area contributed by atoms with Gasteiger partial charge in [-0.25, -0.2) is 0 Å². The Morgan fingerprint density at radius 2 is 2.33 bits per heavy atom. The summed E-state index contributed by atoms with van der Waals surface area (Å²) in [5, 5.41) is 0. The normalized spacial score (nSPS) is 15.2. The van der Waals surface area contributed by atoms with Crippen LogP contribution in [0.25, 0.3) is 0 Å². The van der Waals surface area contributed by atoms with Crippen molar-refractivity contribution < 1.29 is 18.7 Å². The first-order valence-corrected chi connectivity index (χ1v) is 3.69. The van der Waals surface area contributed by atoms with Crippen molar-refractivity contribution in [3.8, 4) is 0 Å². The van der Waals surface area contributed by atoms with E-state index in [-0.39, 0.29) is 0 Å². The zero-order valence-electron chi connectivity index (χ0n) is 5.40. The summed E-state index contributed by atoms with van der Waals surface area (Å²) in [6.07, 6.45) is 0.0108. The van der Waals surface area contributed by atoms with E-state index < -0.39 is 14.5 Å². The van der Waals surface area contributed by atoms with Crippen LogP contribution >= 0.6 is 8.25 Å². The van der Waals surface area contributed by atoms with E-state index in [1.165, 1.54) is 7.11 Å². The third-order valence-corrected chi connectivity index (χ3v) is 1.22. The highest BCUT2D eigenvalue weighted by atomic mass is 31.1. The Bertz CT molecular complexity index is 90.6. The smallest absolute Gasteiger partial charge is 0.352 e. The fourth-order valence-corrected chi connectivity index (χ4v) is 0.821. The molecule has 4 nitrogen and oxygen atoms in total. The van der Waals surface area contributed by atoms with Gasteiger partial charge in [-0.15, -0.1) is 4.89 Å². The topological polar surface area (TPSA) is 55.8 Å². The van der Waals surface area contributed by atoms with Crippen LogP contribution in [0.2, 0.25) is 0 Å². The van der Waals surface area contributed by atoms with Crippen molar-refractivity contribution >= 4 is 8.25 Å². The Labute approximate surface area is 54.7 Å². The van der Waals surface area contributed by atoms with Crippen LogP contribution in [0.3, 0.4) is 0 Å². The highest BCUT2D eigenvalue weighted by molar-refractivity contribution is 7.32. The van der Waals surface area contributed by atoms with Crippen LogP contribution in [0.1, 0.15) is 13.3 Å². The molecule has 0 saturated carbocycles. The van der Waals surface area contributed by atoms with E-state index in [0.717, 1.165) is 0 Å². The zero-order valence-corrected chi connectivity index (χ0v) is 6.30. The first-order chi connectivity index (χ1) is 4.20. The van der Waals surface area contributed by atoms with Gasteiger partial charge in [0.25, 0.3) is 0 Å². The molecule has 5 heteroatoms. The molecule has 9 heavy (non-hydrogen) atoms. The molecule has 0 saturated heterocycles. The second kappa shape index (κ2) is 4.82. The minimum Gasteiger partial charge on any atom is -0.352 e. The quantitative estimate of drug-likeness (QED) is 0.484. The Balaban J connectivity index is 3.43. The van der Waals surface area contributed by atoms with E-state index in [1.54, 1.807) is 6.92 Å². The summed E-state index contributed by atoms with van der Waals surface area (Å²) in [4.78, 5) is 8.19. The van der Waals surface area contributed by atoms with Crippen LogP contribution in [-0.2, 0) is 13.8 Å². The van der Waals surface area contributed by atoms with E-state index in [2.05, 4.69) is 9.26 Å². The molecule has 54 valence electrons. The van der Waals surface area contributed by atoms with Gasteiger partial charge in [0.2, 0.25) is 6.29 Å². The molecule has 0 radical (unpaired) electrons. The number of hydrogen-bond acceptors (Lipinski definition) is 3. The van der Waals surface area contributed by atoms with Crippen LogP contribution in [-0.4, -0.2) is 18.3 Å². The largest absolute Gasteiger partial charge is 0.697 e. The van der Waals surface area contributed by atoms with Crippen LogP contribution in [0, 0.1) is 0 Å². The molecule has 0 aromatic heterocycles. The summed E-state index contributed by atoms with van der Waals surface area (Å²) < 4.78 is 19.0. The van der Waals surface area contributed by atoms with Crippen LogP contribution in [0.5, 0.6) is 0 Å². The molecule has 0 aromatic carbocycles. The molecule has 0 heterocycles. The maximum absolute atomic E-state index is 9.97. The van der Waals surface area contributed by atoms with Gasteiger partial charge in [-0.3, -0.25) is 0 Å². The number of rotatable bonds is 4. The first kappa shape index (κ1) is 8.98. The molecular formula is C4H10O4P+. The van der Waals surface area contributed by atoms with E-state index in [9.17, 15) is 4.57 Å². The van der Waals surface area contributed by atoms with E-state index in [4.69, 9.17) is 4.89 Å². The zero-order chi connectivity index (χ0) is 7.28. The predicted molar refractivity (Wildman–Crippen MR) is 32.0 cm³/mol. The molecule has 0 aromatic rings. The summed E-state index contributed by atoms with van der Waals surface area (Å²) >= 11 is 0. The second-order valence-corrected chi connectivity index (χ2v) is 2.10. The predicted octanol–water partition coefficient (Wildman–Crippen LogP) is 1.04. The molecule has 1 N–H and O–H groups in total. The van der Waals surface area contributed by atoms with Crippen molar-refractivity contribution in [2.24, 2.45) is 0 Å². The average molecular weight is 153 g/mol. The lowest BCUT2D eigenvalue weighted by atomic mass is 10.5. The maximum atomic E-state index is 9.97. The number of ether oxygens (including phenoxy) is 1. The lowest BCUT2D eigenvalue weighted by molar-refractivity contribution is -0.0557.